The van der Waals surface area contributed by atoms with E-state index in [9.17, 15) is 26.3 Å². The van der Waals surface area contributed by atoms with Gasteiger partial charge in [0.25, 0.3) is 0 Å². The first-order valence-electron chi connectivity index (χ1n) is 14.8. The van der Waals surface area contributed by atoms with Crippen LogP contribution in [0.2, 0.25) is 0 Å². The van der Waals surface area contributed by atoms with E-state index in [1.807, 2.05) is 0 Å². The van der Waals surface area contributed by atoms with Gasteiger partial charge in [-0.2, -0.15) is 0 Å². The Morgan fingerprint density at radius 1 is 0.453 bits per heavy atom. The van der Waals surface area contributed by atoms with Gasteiger partial charge in [-0.25, -0.2) is 43.9 Å². The van der Waals surface area contributed by atoms with Gasteiger partial charge in [0.15, 0.2) is 58.2 Å². The molecule has 4 aromatic rings. The molecule has 0 aromatic heterocycles. The molecule has 17 heteroatoms. The highest BCUT2D eigenvalue weighted by molar-refractivity contribution is 8.00. The molecule has 0 aliphatic rings. The van der Waals surface area contributed by atoms with Crippen LogP contribution in [0.25, 0.3) is 11.7 Å². The standard InChI is InChI=1S/C36H28F10O6S/c1-47-15-11-21(49-3)25(22(12-15)50-4)35(33(45)29(41)17-7-9-19(37)31(43)27(17)39)53-36(26-23(51-5)13-16(48-2)14-24(26)52-6)34(46)30(42)18-8-10-20(38)32(44)28(18)40/h7-14,35-36H,1-6H3. The molecule has 0 N–H and O–H groups in total. The average molecular weight is 779 g/mol. The van der Waals surface area contributed by atoms with Gasteiger partial charge in [0.1, 0.15) is 34.5 Å². The number of thioether (sulfide) groups is 1. The van der Waals surface area contributed by atoms with Crippen molar-refractivity contribution >= 4 is 23.4 Å². The highest BCUT2D eigenvalue weighted by Gasteiger charge is 2.39. The number of halogens is 10. The highest BCUT2D eigenvalue weighted by atomic mass is 32.2. The molecule has 6 nitrogen and oxygen atoms in total. The van der Waals surface area contributed by atoms with Crippen molar-refractivity contribution in [2.45, 2.75) is 10.5 Å². The fourth-order valence-electron chi connectivity index (χ4n) is 5.11. The largest absolute Gasteiger partial charge is 0.496 e. The van der Waals surface area contributed by atoms with Crippen molar-refractivity contribution in [1.29, 1.82) is 0 Å². The van der Waals surface area contributed by atoms with E-state index in [1.165, 1.54) is 38.5 Å². The lowest BCUT2D eigenvalue weighted by Crippen LogP contribution is -2.10. The van der Waals surface area contributed by atoms with Gasteiger partial charge in [-0.1, -0.05) is 0 Å². The molecule has 2 atom stereocenters. The van der Waals surface area contributed by atoms with E-state index in [-0.39, 0.29) is 46.3 Å². The van der Waals surface area contributed by atoms with Crippen LogP contribution < -0.4 is 28.4 Å². The van der Waals surface area contributed by atoms with E-state index >= 15 is 17.6 Å². The summed E-state index contributed by atoms with van der Waals surface area (Å²) >= 11 is 0.00178. The monoisotopic (exact) mass is 778 g/mol. The van der Waals surface area contributed by atoms with Crippen LogP contribution in [-0.4, -0.2) is 42.7 Å². The van der Waals surface area contributed by atoms with Gasteiger partial charge < -0.3 is 28.4 Å². The quantitative estimate of drug-likeness (QED) is 0.0933. The van der Waals surface area contributed by atoms with Crippen LogP contribution in [0.3, 0.4) is 0 Å². The Balaban J connectivity index is 2.17. The lowest BCUT2D eigenvalue weighted by atomic mass is 10.0. The summed E-state index contributed by atoms with van der Waals surface area (Å²) in [5.74, 6) is -21.4. The molecule has 0 saturated carbocycles. The summed E-state index contributed by atoms with van der Waals surface area (Å²) in [4.78, 5) is 0. The molecule has 0 fully saturated rings. The second-order valence-corrected chi connectivity index (χ2v) is 11.8. The summed E-state index contributed by atoms with van der Waals surface area (Å²) in [7, 11) is 6.84. The van der Waals surface area contributed by atoms with Crippen LogP contribution in [0.5, 0.6) is 34.5 Å². The molecule has 4 aromatic carbocycles. The van der Waals surface area contributed by atoms with Gasteiger partial charge in [0.2, 0.25) is 0 Å². The molecule has 0 amide bonds. The third-order valence-corrected chi connectivity index (χ3v) is 9.16. The molecule has 0 saturated heterocycles. The van der Waals surface area contributed by atoms with E-state index in [4.69, 9.17) is 28.4 Å². The van der Waals surface area contributed by atoms with Gasteiger partial charge >= 0.3 is 0 Å². The molecule has 0 radical (unpaired) electrons. The van der Waals surface area contributed by atoms with E-state index in [2.05, 4.69) is 0 Å². The zero-order valence-electron chi connectivity index (χ0n) is 28.4. The number of rotatable bonds is 14. The molecule has 0 spiro atoms. The number of ether oxygens (including phenoxy) is 6. The van der Waals surface area contributed by atoms with Gasteiger partial charge in [-0.3, -0.25) is 0 Å². The number of hydrogen-bond acceptors (Lipinski definition) is 7. The SMILES string of the molecule is COc1cc(OC)c(C(SC(C(F)=C(F)c2ccc(F)c(F)c2F)c2c(OC)cc(OC)cc2OC)C(F)=C(F)c2ccc(F)c(F)c2F)c(OC)c1. The Kier molecular flexibility index (Phi) is 13.1. The minimum Gasteiger partial charge on any atom is -0.496 e. The Bertz CT molecular complexity index is 1880. The molecular formula is C36H28F10O6S. The van der Waals surface area contributed by atoms with Crippen molar-refractivity contribution in [3.63, 3.8) is 0 Å². The molecule has 0 aliphatic carbocycles. The Labute approximate surface area is 300 Å². The van der Waals surface area contributed by atoms with E-state index in [0.717, 1.165) is 28.4 Å². The average Bonchev–Trinajstić information content (AvgIpc) is 3.17. The zero-order valence-corrected chi connectivity index (χ0v) is 29.2. The normalized spacial score (nSPS) is 13.4. The first-order chi connectivity index (χ1) is 25.2. The van der Waals surface area contributed by atoms with Crippen LogP contribution in [-0.2, 0) is 0 Å². The van der Waals surface area contributed by atoms with Crippen molar-refractivity contribution in [3.05, 3.63) is 117 Å². The predicted octanol–water partition coefficient (Wildman–Crippen LogP) is 10.7. The van der Waals surface area contributed by atoms with Crippen LogP contribution in [0, 0.1) is 34.9 Å². The lowest BCUT2D eigenvalue weighted by molar-refractivity contribution is 0.366. The second-order valence-electron chi connectivity index (χ2n) is 10.6. The maximum Gasteiger partial charge on any atom is 0.195 e. The van der Waals surface area contributed by atoms with E-state index < -0.39 is 91.0 Å². The maximum absolute atomic E-state index is 16.9. The fraction of sp³-hybridized carbons (Fsp3) is 0.222. The molecular weight excluding hydrogens is 750 g/mol. The first-order valence-corrected chi connectivity index (χ1v) is 15.8. The molecule has 2 unspecified atom stereocenters. The summed E-state index contributed by atoms with van der Waals surface area (Å²) < 4.78 is 184. The van der Waals surface area contributed by atoms with E-state index in [1.54, 1.807) is 0 Å². The summed E-state index contributed by atoms with van der Waals surface area (Å²) in [6, 6.07) is 6.10. The Morgan fingerprint density at radius 2 is 0.755 bits per heavy atom. The van der Waals surface area contributed by atoms with Crippen LogP contribution in [0.4, 0.5) is 43.9 Å². The maximum atomic E-state index is 16.9. The molecule has 53 heavy (non-hydrogen) atoms. The summed E-state index contributed by atoms with van der Waals surface area (Å²) in [5.41, 5.74) is -3.72. The zero-order chi connectivity index (χ0) is 39.3. The first kappa shape index (κ1) is 40.6. The van der Waals surface area contributed by atoms with Crippen molar-refractivity contribution in [2.75, 3.05) is 42.7 Å². The predicted molar refractivity (Wildman–Crippen MR) is 176 cm³/mol. The van der Waals surface area contributed by atoms with Gasteiger partial charge in [0, 0.05) is 24.3 Å². The third kappa shape index (κ3) is 7.94. The molecule has 0 bridgehead atoms. The third-order valence-electron chi connectivity index (χ3n) is 7.73. The van der Waals surface area contributed by atoms with Crippen molar-refractivity contribution < 1.29 is 72.3 Å². The van der Waals surface area contributed by atoms with Crippen molar-refractivity contribution in [2.24, 2.45) is 0 Å². The van der Waals surface area contributed by atoms with Gasteiger partial charge in [0.05, 0.1) is 75.4 Å². The molecule has 284 valence electrons. The lowest BCUT2D eigenvalue weighted by Gasteiger charge is -2.28. The fourth-order valence-corrected chi connectivity index (χ4v) is 6.56. The van der Waals surface area contributed by atoms with Gasteiger partial charge in [-0.05, 0) is 24.3 Å². The van der Waals surface area contributed by atoms with Crippen LogP contribution >= 0.6 is 11.8 Å². The van der Waals surface area contributed by atoms with Gasteiger partial charge in [-0.15, -0.1) is 11.8 Å². The number of hydrogen-bond donors (Lipinski definition) is 0. The van der Waals surface area contributed by atoms with Crippen LogP contribution in [0.1, 0.15) is 32.8 Å². The summed E-state index contributed by atoms with van der Waals surface area (Å²) in [6.45, 7) is 0. The molecule has 0 heterocycles. The molecule has 4 rings (SSSR count). The minimum atomic E-state index is -2.31. The summed E-state index contributed by atoms with van der Waals surface area (Å²) in [5, 5.41) is -4.62. The molecule has 0 aliphatic heterocycles. The minimum absolute atomic E-state index is 0.00178. The Hall–Kier alpha value is -5.19. The smallest absolute Gasteiger partial charge is 0.195 e. The number of methoxy groups -OCH3 is 6. The number of benzene rings is 4. The Morgan fingerprint density at radius 3 is 1.02 bits per heavy atom. The second kappa shape index (κ2) is 17.1. The van der Waals surface area contributed by atoms with E-state index in [0.29, 0.717) is 24.3 Å². The summed E-state index contributed by atoms with van der Waals surface area (Å²) in [6.07, 6.45) is 0. The van der Waals surface area contributed by atoms with Crippen molar-refractivity contribution in [3.8, 4) is 34.5 Å². The topological polar surface area (TPSA) is 55.4 Å². The van der Waals surface area contributed by atoms with Crippen LogP contribution in [0.15, 0.2) is 60.2 Å². The van der Waals surface area contributed by atoms with Crippen molar-refractivity contribution in [1.82, 2.24) is 0 Å². The highest BCUT2D eigenvalue weighted by Crippen LogP contribution is 2.59.